The molecular formula is C14H25N3O2. The molecular weight excluding hydrogens is 242 g/mol. The summed E-state index contributed by atoms with van der Waals surface area (Å²) in [5.74, 6) is 0.876. The van der Waals surface area contributed by atoms with Crippen molar-refractivity contribution >= 4 is 0 Å². The number of ether oxygens (including phenoxy) is 1. The van der Waals surface area contributed by atoms with Gasteiger partial charge in [0, 0.05) is 25.3 Å². The summed E-state index contributed by atoms with van der Waals surface area (Å²) < 4.78 is 5.67. The largest absolute Gasteiger partial charge is 0.370 e. The van der Waals surface area contributed by atoms with E-state index >= 15 is 0 Å². The van der Waals surface area contributed by atoms with E-state index in [1.807, 2.05) is 6.92 Å². The number of nitrogens with one attached hydrogen (secondary N) is 2. The minimum absolute atomic E-state index is 0.129. The van der Waals surface area contributed by atoms with E-state index < -0.39 is 0 Å². The van der Waals surface area contributed by atoms with Gasteiger partial charge in [-0.15, -0.1) is 0 Å². The number of nitrogens with zero attached hydrogens (tertiary/aromatic N) is 1. The first-order valence-electron chi connectivity index (χ1n) is 6.89. The standard InChI is InChI=1S/C14H25N3O2/c1-6-19-13(9(2)3)14-16-11(7-12(18)17-14)8-15-10(4)5/h7,9-10,13,15H,6,8H2,1-5H3,(H,16,17,18). The van der Waals surface area contributed by atoms with Gasteiger partial charge < -0.3 is 15.0 Å². The zero-order chi connectivity index (χ0) is 14.4. The van der Waals surface area contributed by atoms with E-state index in [1.54, 1.807) is 0 Å². The van der Waals surface area contributed by atoms with Gasteiger partial charge in [-0.25, -0.2) is 4.98 Å². The molecule has 0 aliphatic heterocycles. The number of aromatic nitrogens is 2. The van der Waals surface area contributed by atoms with E-state index in [9.17, 15) is 4.79 Å². The second-order valence-corrected chi connectivity index (χ2v) is 5.28. The van der Waals surface area contributed by atoms with Crippen LogP contribution in [0.5, 0.6) is 0 Å². The van der Waals surface area contributed by atoms with Gasteiger partial charge in [-0.2, -0.15) is 0 Å². The molecule has 0 aromatic carbocycles. The van der Waals surface area contributed by atoms with Crippen LogP contribution in [0, 0.1) is 5.92 Å². The minimum Gasteiger partial charge on any atom is -0.370 e. The molecule has 5 heteroatoms. The minimum atomic E-state index is -0.170. The quantitative estimate of drug-likeness (QED) is 0.793. The van der Waals surface area contributed by atoms with Gasteiger partial charge in [0.15, 0.2) is 0 Å². The zero-order valence-corrected chi connectivity index (χ0v) is 12.5. The van der Waals surface area contributed by atoms with Crippen molar-refractivity contribution < 1.29 is 4.74 Å². The summed E-state index contributed by atoms with van der Waals surface area (Å²) in [7, 11) is 0. The number of hydrogen-bond acceptors (Lipinski definition) is 4. The first-order chi connectivity index (χ1) is 8.93. The maximum absolute atomic E-state index is 11.7. The van der Waals surface area contributed by atoms with E-state index in [0.717, 1.165) is 5.69 Å². The second kappa shape index (κ2) is 7.40. The molecule has 0 saturated carbocycles. The molecule has 0 bridgehead atoms. The summed E-state index contributed by atoms with van der Waals surface area (Å²) in [6.45, 7) is 11.4. The smallest absolute Gasteiger partial charge is 0.251 e. The van der Waals surface area contributed by atoms with Gasteiger partial charge in [0.1, 0.15) is 11.9 Å². The summed E-state index contributed by atoms with van der Waals surface area (Å²) in [4.78, 5) is 19.0. The third-order valence-electron chi connectivity index (χ3n) is 2.73. The van der Waals surface area contributed by atoms with Crippen LogP contribution in [0.3, 0.4) is 0 Å². The van der Waals surface area contributed by atoms with Crippen molar-refractivity contribution in [2.45, 2.75) is 53.3 Å². The molecule has 0 fully saturated rings. The molecule has 1 rings (SSSR count). The Kier molecular flexibility index (Phi) is 6.18. The Hall–Kier alpha value is -1.20. The Morgan fingerprint density at radius 1 is 1.37 bits per heavy atom. The Bertz CT molecular complexity index is 441. The molecule has 1 aromatic rings. The van der Waals surface area contributed by atoms with Crippen molar-refractivity contribution in [2.75, 3.05) is 6.61 Å². The number of H-pyrrole nitrogens is 1. The SMILES string of the molecule is CCOC(c1nc(CNC(C)C)cc(=O)[nH]1)C(C)C. The van der Waals surface area contributed by atoms with Crippen LogP contribution in [0.4, 0.5) is 0 Å². The number of hydrogen-bond donors (Lipinski definition) is 2. The highest BCUT2D eigenvalue weighted by Crippen LogP contribution is 2.21. The van der Waals surface area contributed by atoms with Crippen molar-refractivity contribution in [3.8, 4) is 0 Å². The Balaban J connectivity index is 2.96. The lowest BCUT2D eigenvalue weighted by Crippen LogP contribution is -2.26. The normalized spacial score (nSPS) is 13.2. The van der Waals surface area contributed by atoms with Crippen LogP contribution in [0.2, 0.25) is 0 Å². The second-order valence-electron chi connectivity index (χ2n) is 5.28. The summed E-state index contributed by atoms with van der Waals surface area (Å²) in [5.41, 5.74) is 0.619. The fourth-order valence-electron chi connectivity index (χ4n) is 1.83. The molecule has 0 aliphatic carbocycles. The first kappa shape index (κ1) is 15.9. The molecule has 0 saturated heterocycles. The molecule has 1 atom stereocenters. The molecule has 108 valence electrons. The van der Waals surface area contributed by atoms with Crippen LogP contribution in [0.15, 0.2) is 10.9 Å². The van der Waals surface area contributed by atoms with E-state index in [2.05, 4.69) is 43.0 Å². The zero-order valence-electron chi connectivity index (χ0n) is 12.5. The topological polar surface area (TPSA) is 67.0 Å². The molecule has 1 unspecified atom stereocenters. The molecule has 5 nitrogen and oxygen atoms in total. The van der Waals surface area contributed by atoms with Crippen LogP contribution in [0.1, 0.15) is 52.2 Å². The average Bonchev–Trinajstić information content (AvgIpc) is 2.32. The Morgan fingerprint density at radius 3 is 2.58 bits per heavy atom. The summed E-state index contributed by atoms with van der Waals surface area (Å²) >= 11 is 0. The van der Waals surface area contributed by atoms with Gasteiger partial charge in [-0.3, -0.25) is 4.79 Å². The Morgan fingerprint density at radius 2 is 2.05 bits per heavy atom. The molecule has 0 radical (unpaired) electrons. The predicted octanol–water partition coefficient (Wildman–Crippen LogP) is 2.00. The lowest BCUT2D eigenvalue weighted by atomic mass is 10.1. The molecule has 19 heavy (non-hydrogen) atoms. The maximum atomic E-state index is 11.7. The van der Waals surface area contributed by atoms with Crippen LogP contribution < -0.4 is 10.9 Å². The van der Waals surface area contributed by atoms with Crippen molar-refractivity contribution in [2.24, 2.45) is 5.92 Å². The van der Waals surface area contributed by atoms with Crippen LogP contribution in [0.25, 0.3) is 0 Å². The average molecular weight is 267 g/mol. The Labute approximate surface area is 114 Å². The van der Waals surface area contributed by atoms with Gasteiger partial charge in [-0.1, -0.05) is 27.7 Å². The molecule has 1 heterocycles. The molecule has 0 amide bonds. The maximum Gasteiger partial charge on any atom is 0.251 e. The molecule has 2 N–H and O–H groups in total. The van der Waals surface area contributed by atoms with E-state index in [-0.39, 0.29) is 17.6 Å². The molecule has 0 spiro atoms. The van der Waals surface area contributed by atoms with E-state index in [0.29, 0.717) is 25.0 Å². The van der Waals surface area contributed by atoms with Crippen LogP contribution in [-0.4, -0.2) is 22.6 Å². The van der Waals surface area contributed by atoms with Gasteiger partial charge in [0.05, 0.1) is 5.69 Å². The number of rotatable bonds is 7. The third kappa shape index (κ3) is 5.12. The highest BCUT2D eigenvalue weighted by molar-refractivity contribution is 5.05. The fourth-order valence-corrected chi connectivity index (χ4v) is 1.83. The predicted molar refractivity (Wildman–Crippen MR) is 76.0 cm³/mol. The molecule has 0 aliphatic rings. The van der Waals surface area contributed by atoms with Gasteiger partial charge in [-0.05, 0) is 12.8 Å². The van der Waals surface area contributed by atoms with Crippen LogP contribution in [-0.2, 0) is 11.3 Å². The molecule has 1 aromatic heterocycles. The van der Waals surface area contributed by atoms with Gasteiger partial charge in [0.25, 0.3) is 5.56 Å². The van der Waals surface area contributed by atoms with Crippen molar-refractivity contribution in [3.05, 3.63) is 27.9 Å². The van der Waals surface area contributed by atoms with Crippen LogP contribution >= 0.6 is 0 Å². The van der Waals surface area contributed by atoms with Crippen molar-refractivity contribution in [1.29, 1.82) is 0 Å². The van der Waals surface area contributed by atoms with Crippen molar-refractivity contribution in [3.63, 3.8) is 0 Å². The van der Waals surface area contributed by atoms with E-state index in [4.69, 9.17) is 4.74 Å². The summed E-state index contributed by atoms with van der Waals surface area (Å²) in [5, 5.41) is 3.26. The highest BCUT2D eigenvalue weighted by atomic mass is 16.5. The number of aromatic amines is 1. The summed E-state index contributed by atoms with van der Waals surface area (Å²) in [6, 6.07) is 1.89. The monoisotopic (exact) mass is 267 g/mol. The van der Waals surface area contributed by atoms with E-state index in [1.165, 1.54) is 6.07 Å². The fraction of sp³-hybridized carbons (Fsp3) is 0.714. The van der Waals surface area contributed by atoms with Gasteiger partial charge >= 0.3 is 0 Å². The first-order valence-corrected chi connectivity index (χ1v) is 6.89. The summed E-state index contributed by atoms with van der Waals surface area (Å²) in [6.07, 6.45) is -0.170. The lowest BCUT2D eigenvalue weighted by molar-refractivity contribution is 0.0228. The van der Waals surface area contributed by atoms with Gasteiger partial charge in [0.2, 0.25) is 0 Å². The highest BCUT2D eigenvalue weighted by Gasteiger charge is 2.19. The van der Waals surface area contributed by atoms with Crippen molar-refractivity contribution in [1.82, 2.24) is 15.3 Å². The lowest BCUT2D eigenvalue weighted by Gasteiger charge is -2.20. The third-order valence-corrected chi connectivity index (χ3v) is 2.73.